The number of nitrogens with two attached hydrogens (primary N) is 1. The molecule has 0 aliphatic carbocycles. The molecule has 3 N–H and O–H groups in total. The van der Waals surface area contributed by atoms with Gasteiger partial charge in [0, 0.05) is 11.9 Å². The predicted molar refractivity (Wildman–Crippen MR) is 98.4 cm³/mol. The number of halogens is 4. The number of alkyl halides is 3. The molecule has 0 spiro atoms. The van der Waals surface area contributed by atoms with Crippen LogP contribution in [0.1, 0.15) is 28.5 Å². The number of pyridine rings is 1. The van der Waals surface area contributed by atoms with Crippen LogP contribution in [0, 0.1) is 0 Å². The van der Waals surface area contributed by atoms with Crippen LogP contribution < -0.4 is 11.1 Å². The van der Waals surface area contributed by atoms with Crippen LogP contribution >= 0.6 is 11.6 Å². The average molecular weight is 413 g/mol. The number of benzene rings is 1. The summed E-state index contributed by atoms with van der Waals surface area (Å²) in [6.07, 6.45) is -4.03. The Morgan fingerprint density at radius 3 is 2.75 bits per heavy atom. The van der Waals surface area contributed by atoms with Crippen LogP contribution in [0.25, 0.3) is 0 Å². The van der Waals surface area contributed by atoms with Crippen LogP contribution in [-0.2, 0) is 16.5 Å². The van der Waals surface area contributed by atoms with Crippen LogP contribution in [0.2, 0.25) is 5.02 Å². The Labute approximate surface area is 163 Å². The Kier molecular flexibility index (Phi) is 5.31. The quantitative estimate of drug-likeness (QED) is 0.805. The normalized spacial score (nSPS) is 19.8. The number of nitrogens with zero attached hydrogens (tertiary/aromatic N) is 2. The summed E-state index contributed by atoms with van der Waals surface area (Å²) in [6, 6.07) is 7.49. The van der Waals surface area contributed by atoms with Crippen molar-refractivity contribution < 1.29 is 22.7 Å². The van der Waals surface area contributed by atoms with Gasteiger partial charge >= 0.3 is 6.18 Å². The largest absolute Gasteiger partial charge is 0.417 e. The highest BCUT2D eigenvalue weighted by Gasteiger charge is 2.32. The predicted octanol–water partition coefficient (Wildman–Crippen LogP) is 3.61. The molecule has 1 aromatic carbocycles. The number of amidine groups is 1. The monoisotopic (exact) mass is 412 g/mol. The molecule has 6 nitrogen and oxygen atoms in total. The lowest BCUT2D eigenvalue weighted by molar-refractivity contribution is -0.137. The molecular weight excluding hydrogens is 397 g/mol. The maximum absolute atomic E-state index is 12.7. The van der Waals surface area contributed by atoms with Gasteiger partial charge in [-0.05, 0) is 30.7 Å². The van der Waals surface area contributed by atoms with E-state index in [9.17, 15) is 18.0 Å². The van der Waals surface area contributed by atoms with Crippen LogP contribution in [0.5, 0.6) is 0 Å². The van der Waals surface area contributed by atoms with Crippen molar-refractivity contribution in [3.63, 3.8) is 0 Å². The molecule has 1 aromatic heterocycles. The van der Waals surface area contributed by atoms with E-state index >= 15 is 0 Å². The van der Waals surface area contributed by atoms with Gasteiger partial charge in [-0.25, -0.2) is 4.98 Å². The van der Waals surface area contributed by atoms with E-state index in [0.717, 1.165) is 5.56 Å². The fourth-order valence-corrected chi connectivity index (χ4v) is 3.02. The van der Waals surface area contributed by atoms with Crippen molar-refractivity contribution in [2.75, 3.05) is 18.5 Å². The second-order valence-corrected chi connectivity index (χ2v) is 6.86. The van der Waals surface area contributed by atoms with Gasteiger partial charge in [-0.2, -0.15) is 13.2 Å². The molecule has 1 amide bonds. The number of hydrogen-bond acceptors (Lipinski definition) is 5. The topological polar surface area (TPSA) is 89.6 Å². The number of aliphatic imine (C=N–C) groups is 1. The van der Waals surface area contributed by atoms with E-state index in [1.165, 1.54) is 0 Å². The number of nitrogens with one attached hydrogen (secondary N) is 1. The van der Waals surface area contributed by atoms with E-state index < -0.39 is 28.2 Å². The maximum atomic E-state index is 12.7. The van der Waals surface area contributed by atoms with Crippen LogP contribution in [-0.4, -0.2) is 29.9 Å². The molecule has 1 aliphatic rings. The molecule has 0 bridgehead atoms. The molecule has 0 saturated heterocycles. The summed E-state index contributed by atoms with van der Waals surface area (Å²) < 4.78 is 43.5. The molecule has 148 valence electrons. The SMILES string of the molecule is CC1(c2cccc(NC(=O)c3ncc(C(F)(F)F)cc3Cl)c2)COCC(N)=N1. The zero-order valence-electron chi connectivity index (χ0n) is 14.7. The lowest BCUT2D eigenvalue weighted by Gasteiger charge is -2.30. The first-order valence-electron chi connectivity index (χ1n) is 8.15. The molecule has 2 aromatic rings. The Hall–Kier alpha value is -2.65. The third-order valence-corrected chi connectivity index (χ3v) is 4.44. The summed E-state index contributed by atoms with van der Waals surface area (Å²) in [6.45, 7) is 2.41. The lowest BCUT2D eigenvalue weighted by atomic mass is 9.92. The van der Waals surface area contributed by atoms with Crippen molar-refractivity contribution in [2.45, 2.75) is 18.6 Å². The Morgan fingerprint density at radius 2 is 2.11 bits per heavy atom. The zero-order valence-corrected chi connectivity index (χ0v) is 15.4. The third kappa shape index (κ3) is 4.26. The molecule has 10 heteroatoms. The van der Waals surface area contributed by atoms with Gasteiger partial charge in [0.25, 0.3) is 5.91 Å². The van der Waals surface area contributed by atoms with Gasteiger partial charge in [0.1, 0.15) is 23.7 Å². The minimum absolute atomic E-state index is 0.254. The summed E-state index contributed by atoms with van der Waals surface area (Å²) in [5.74, 6) is -0.368. The lowest BCUT2D eigenvalue weighted by Crippen LogP contribution is -2.37. The summed E-state index contributed by atoms with van der Waals surface area (Å²) in [5, 5.41) is 2.18. The number of anilines is 1. The fourth-order valence-electron chi connectivity index (χ4n) is 2.77. The van der Waals surface area contributed by atoms with Crippen LogP contribution in [0.3, 0.4) is 0 Å². The van der Waals surface area contributed by atoms with E-state index in [2.05, 4.69) is 15.3 Å². The van der Waals surface area contributed by atoms with Gasteiger partial charge in [0.05, 0.1) is 17.2 Å². The molecule has 0 fully saturated rings. The molecule has 0 saturated carbocycles. The standard InChI is InChI=1S/C18H16ClF3N4O2/c1-17(9-28-8-14(23)26-17)10-3-2-4-12(5-10)25-16(27)15-13(19)6-11(7-24-15)18(20,21)22/h2-7H,8-9H2,1H3,(H2,23,26)(H,25,27). The van der Waals surface area contributed by atoms with E-state index in [-0.39, 0.29) is 12.3 Å². The number of amides is 1. The molecule has 0 radical (unpaired) electrons. The smallest absolute Gasteiger partial charge is 0.386 e. The van der Waals surface area contributed by atoms with E-state index in [1.807, 2.05) is 13.0 Å². The Morgan fingerprint density at radius 1 is 1.36 bits per heavy atom. The van der Waals surface area contributed by atoms with Crippen molar-refractivity contribution in [3.05, 3.63) is 58.4 Å². The van der Waals surface area contributed by atoms with Gasteiger partial charge in [-0.3, -0.25) is 9.79 Å². The summed E-state index contributed by atoms with van der Waals surface area (Å²) in [7, 11) is 0. The van der Waals surface area contributed by atoms with Gasteiger partial charge in [-0.15, -0.1) is 0 Å². The van der Waals surface area contributed by atoms with Crippen molar-refractivity contribution in [2.24, 2.45) is 10.7 Å². The first-order chi connectivity index (χ1) is 13.1. The van der Waals surface area contributed by atoms with Crippen LogP contribution in [0.15, 0.2) is 41.5 Å². The minimum atomic E-state index is -4.60. The zero-order chi connectivity index (χ0) is 20.5. The molecule has 2 heterocycles. The van der Waals surface area contributed by atoms with Gasteiger partial charge < -0.3 is 15.8 Å². The summed E-state index contributed by atoms with van der Waals surface area (Å²) >= 11 is 5.82. The molecular formula is C18H16ClF3N4O2. The van der Waals surface area contributed by atoms with E-state index in [4.69, 9.17) is 22.1 Å². The average Bonchev–Trinajstić information content (AvgIpc) is 2.61. The van der Waals surface area contributed by atoms with E-state index in [0.29, 0.717) is 30.4 Å². The number of carbonyl (C=O) groups excluding carboxylic acids is 1. The molecule has 1 atom stereocenters. The number of ether oxygens (including phenoxy) is 1. The van der Waals surface area contributed by atoms with Gasteiger partial charge in [0.15, 0.2) is 0 Å². The third-order valence-electron chi connectivity index (χ3n) is 4.15. The molecule has 1 unspecified atom stereocenters. The minimum Gasteiger partial charge on any atom is -0.386 e. The molecule has 28 heavy (non-hydrogen) atoms. The van der Waals surface area contributed by atoms with E-state index in [1.54, 1.807) is 18.2 Å². The van der Waals surface area contributed by atoms with Crippen molar-refractivity contribution >= 4 is 29.0 Å². The van der Waals surface area contributed by atoms with Crippen LogP contribution in [0.4, 0.5) is 18.9 Å². The number of rotatable bonds is 3. The fraction of sp³-hybridized carbons (Fsp3) is 0.278. The highest BCUT2D eigenvalue weighted by atomic mass is 35.5. The Bertz CT molecular complexity index is 949. The first-order valence-corrected chi connectivity index (χ1v) is 8.53. The van der Waals surface area contributed by atoms with Gasteiger partial charge in [-0.1, -0.05) is 23.7 Å². The van der Waals surface area contributed by atoms with Crippen molar-refractivity contribution in [1.29, 1.82) is 0 Å². The second kappa shape index (κ2) is 7.40. The van der Waals surface area contributed by atoms with Crippen molar-refractivity contribution in [3.8, 4) is 0 Å². The number of carbonyl (C=O) groups is 1. The molecule has 1 aliphatic heterocycles. The second-order valence-electron chi connectivity index (χ2n) is 6.46. The maximum Gasteiger partial charge on any atom is 0.417 e. The van der Waals surface area contributed by atoms with Crippen molar-refractivity contribution in [1.82, 2.24) is 4.98 Å². The summed E-state index contributed by atoms with van der Waals surface area (Å²) in [4.78, 5) is 20.4. The summed E-state index contributed by atoms with van der Waals surface area (Å²) in [5.41, 5.74) is 4.85. The first kappa shape index (κ1) is 20.1. The number of hydrogen-bond donors (Lipinski definition) is 2. The van der Waals surface area contributed by atoms with Gasteiger partial charge in [0.2, 0.25) is 0 Å². The molecule has 3 rings (SSSR count). The highest BCUT2D eigenvalue weighted by molar-refractivity contribution is 6.34. The highest BCUT2D eigenvalue weighted by Crippen LogP contribution is 2.32. The number of aromatic nitrogens is 1. The Balaban J connectivity index is 1.83.